The molecule has 0 bridgehead atoms. The molecule has 0 spiro atoms. The Hall–Kier alpha value is -1.96. The minimum absolute atomic E-state index is 0.0426. The number of hydrogen-bond acceptors (Lipinski definition) is 7. The molecule has 1 unspecified atom stereocenters. The molecule has 8 heteroatoms. The molecule has 0 radical (unpaired) electrons. The lowest BCUT2D eigenvalue weighted by Crippen LogP contribution is -2.22. The number of nitrogens with one attached hydrogen (secondary N) is 1. The minimum atomic E-state index is -0.592. The van der Waals surface area contributed by atoms with Crippen LogP contribution in [0.2, 0.25) is 0 Å². The van der Waals surface area contributed by atoms with Crippen LogP contribution in [0.1, 0.15) is 12.8 Å². The van der Waals surface area contributed by atoms with Gasteiger partial charge in [0.05, 0.1) is 11.0 Å². The van der Waals surface area contributed by atoms with Crippen LogP contribution in [0, 0.1) is 16.0 Å². The number of hydrogen-bond donors (Lipinski definition) is 3. The smallest absolute Gasteiger partial charge is 0.329 e. The molecule has 1 saturated carbocycles. The number of anilines is 2. The Morgan fingerprint density at radius 3 is 3.00 bits per heavy atom. The molecule has 8 nitrogen and oxygen atoms in total. The molecule has 1 aliphatic rings. The second kappa shape index (κ2) is 4.50. The summed E-state index contributed by atoms with van der Waals surface area (Å²) in [6.45, 7) is 0.224. The predicted octanol–water partition coefficient (Wildman–Crippen LogP) is 0.150. The predicted molar refractivity (Wildman–Crippen MR) is 60.3 cm³/mol. The van der Waals surface area contributed by atoms with E-state index in [4.69, 9.17) is 5.73 Å². The van der Waals surface area contributed by atoms with Crippen LogP contribution in [-0.4, -0.2) is 32.6 Å². The number of rotatable bonds is 5. The fourth-order valence-corrected chi connectivity index (χ4v) is 1.50. The van der Waals surface area contributed by atoms with E-state index in [1.165, 1.54) is 0 Å². The Labute approximate surface area is 97.0 Å². The number of nitro groups is 1. The highest BCUT2D eigenvalue weighted by Crippen LogP contribution is 2.32. The number of nitrogens with zero attached hydrogens (tertiary/aromatic N) is 3. The molecule has 1 heterocycles. The molecule has 92 valence electrons. The van der Waals surface area contributed by atoms with Gasteiger partial charge in [0.1, 0.15) is 6.20 Å². The molecule has 4 N–H and O–H groups in total. The van der Waals surface area contributed by atoms with E-state index in [0.717, 1.165) is 19.0 Å². The van der Waals surface area contributed by atoms with Crippen molar-refractivity contribution in [2.45, 2.75) is 18.9 Å². The molecule has 0 aromatic carbocycles. The Bertz CT molecular complexity index is 435. The number of nitrogens with two attached hydrogens (primary N) is 1. The van der Waals surface area contributed by atoms with E-state index in [0.29, 0.717) is 5.92 Å². The Morgan fingerprint density at radius 1 is 1.71 bits per heavy atom. The second-order valence-electron chi connectivity index (χ2n) is 4.00. The van der Waals surface area contributed by atoms with Crippen molar-refractivity contribution in [3.8, 4) is 0 Å². The topological polar surface area (TPSA) is 127 Å². The summed E-state index contributed by atoms with van der Waals surface area (Å²) < 4.78 is 0. The summed E-state index contributed by atoms with van der Waals surface area (Å²) in [6.07, 6.45) is 2.54. The largest absolute Gasteiger partial charge is 0.391 e. The van der Waals surface area contributed by atoms with E-state index in [-0.39, 0.29) is 24.0 Å². The summed E-state index contributed by atoms with van der Waals surface area (Å²) in [5, 5.41) is 23.1. The van der Waals surface area contributed by atoms with Gasteiger partial charge in [0, 0.05) is 6.54 Å². The maximum atomic E-state index is 10.7. The molecule has 2 rings (SSSR count). The first kappa shape index (κ1) is 11.5. The van der Waals surface area contributed by atoms with E-state index >= 15 is 0 Å². The first-order valence-electron chi connectivity index (χ1n) is 5.26. The monoisotopic (exact) mass is 239 g/mol. The maximum absolute atomic E-state index is 10.7. The van der Waals surface area contributed by atoms with Gasteiger partial charge >= 0.3 is 5.69 Å². The van der Waals surface area contributed by atoms with Crippen LogP contribution in [0.15, 0.2) is 6.20 Å². The van der Waals surface area contributed by atoms with E-state index in [1.807, 2.05) is 0 Å². The van der Waals surface area contributed by atoms with Crippen LogP contribution in [-0.2, 0) is 0 Å². The van der Waals surface area contributed by atoms with Crippen LogP contribution in [0.3, 0.4) is 0 Å². The van der Waals surface area contributed by atoms with Crippen LogP contribution < -0.4 is 11.1 Å². The standard InChI is InChI=1S/C9H13N5O3/c10-9-12-3-6(14(16)17)8(13-9)11-4-7(15)5-1-2-5/h3,5,7,15H,1-2,4H2,(H3,10,11,12,13). The van der Waals surface area contributed by atoms with Crippen molar-refractivity contribution in [2.24, 2.45) is 5.92 Å². The van der Waals surface area contributed by atoms with Crippen LogP contribution in [0.25, 0.3) is 0 Å². The Kier molecular flexibility index (Phi) is 3.05. The summed E-state index contributed by atoms with van der Waals surface area (Å²) in [4.78, 5) is 17.4. The molecule has 1 atom stereocenters. The third kappa shape index (κ3) is 2.78. The van der Waals surface area contributed by atoms with Crippen molar-refractivity contribution >= 4 is 17.5 Å². The van der Waals surface area contributed by atoms with E-state index in [9.17, 15) is 15.2 Å². The first-order chi connectivity index (χ1) is 8.08. The van der Waals surface area contributed by atoms with Crippen molar-refractivity contribution in [2.75, 3.05) is 17.6 Å². The lowest BCUT2D eigenvalue weighted by molar-refractivity contribution is -0.384. The summed E-state index contributed by atoms with van der Waals surface area (Å²) >= 11 is 0. The summed E-state index contributed by atoms with van der Waals surface area (Å²) in [6, 6.07) is 0. The third-order valence-electron chi connectivity index (χ3n) is 2.63. The SMILES string of the molecule is Nc1ncc([N+](=O)[O-])c(NCC(O)C2CC2)n1. The van der Waals surface area contributed by atoms with Gasteiger partial charge in [-0.1, -0.05) is 0 Å². The zero-order valence-corrected chi connectivity index (χ0v) is 9.04. The number of nitrogen functional groups attached to an aromatic ring is 1. The van der Waals surface area contributed by atoms with Gasteiger partial charge in [-0.15, -0.1) is 0 Å². The number of aliphatic hydroxyl groups excluding tert-OH is 1. The molecule has 0 amide bonds. The Balaban J connectivity index is 2.07. The highest BCUT2D eigenvalue weighted by molar-refractivity contribution is 5.56. The molecule has 0 aliphatic heterocycles. The summed E-state index contributed by atoms with van der Waals surface area (Å²) in [5.74, 6) is 0.293. The fourth-order valence-electron chi connectivity index (χ4n) is 1.50. The van der Waals surface area contributed by atoms with Crippen molar-refractivity contribution < 1.29 is 10.0 Å². The van der Waals surface area contributed by atoms with Crippen LogP contribution >= 0.6 is 0 Å². The first-order valence-corrected chi connectivity index (χ1v) is 5.26. The van der Waals surface area contributed by atoms with Gasteiger partial charge in [-0.25, -0.2) is 4.98 Å². The fraction of sp³-hybridized carbons (Fsp3) is 0.556. The molecule has 1 aromatic heterocycles. The average molecular weight is 239 g/mol. The quantitative estimate of drug-likeness (QED) is 0.492. The molecule has 1 fully saturated rings. The highest BCUT2D eigenvalue weighted by atomic mass is 16.6. The zero-order valence-electron chi connectivity index (χ0n) is 9.04. The van der Waals surface area contributed by atoms with Crippen molar-refractivity contribution in [3.63, 3.8) is 0 Å². The highest BCUT2D eigenvalue weighted by Gasteiger charge is 2.30. The van der Waals surface area contributed by atoms with Crippen molar-refractivity contribution in [1.29, 1.82) is 0 Å². The maximum Gasteiger partial charge on any atom is 0.329 e. The molecule has 1 aromatic rings. The van der Waals surface area contributed by atoms with Crippen LogP contribution in [0.5, 0.6) is 0 Å². The summed E-state index contributed by atoms with van der Waals surface area (Å²) in [7, 11) is 0. The van der Waals surface area contributed by atoms with Crippen LogP contribution in [0.4, 0.5) is 17.5 Å². The van der Waals surface area contributed by atoms with Gasteiger partial charge in [-0.05, 0) is 18.8 Å². The van der Waals surface area contributed by atoms with Gasteiger partial charge in [-0.2, -0.15) is 4.98 Å². The van der Waals surface area contributed by atoms with Gasteiger partial charge in [0.2, 0.25) is 11.8 Å². The third-order valence-corrected chi connectivity index (χ3v) is 2.63. The van der Waals surface area contributed by atoms with E-state index in [2.05, 4.69) is 15.3 Å². The van der Waals surface area contributed by atoms with Gasteiger partial charge in [0.25, 0.3) is 0 Å². The molecule has 1 aliphatic carbocycles. The number of aliphatic hydroxyl groups is 1. The second-order valence-corrected chi connectivity index (χ2v) is 4.00. The van der Waals surface area contributed by atoms with Gasteiger partial charge < -0.3 is 16.2 Å². The van der Waals surface area contributed by atoms with Crippen molar-refractivity contribution in [1.82, 2.24) is 9.97 Å². The lowest BCUT2D eigenvalue weighted by Gasteiger charge is -2.11. The van der Waals surface area contributed by atoms with Crippen molar-refractivity contribution in [3.05, 3.63) is 16.3 Å². The average Bonchev–Trinajstić information content (AvgIpc) is 3.09. The molecule has 0 saturated heterocycles. The van der Waals surface area contributed by atoms with Gasteiger partial charge in [0.15, 0.2) is 0 Å². The van der Waals surface area contributed by atoms with Gasteiger partial charge in [-0.3, -0.25) is 10.1 Å². The minimum Gasteiger partial charge on any atom is -0.391 e. The lowest BCUT2D eigenvalue weighted by atomic mass is 10.2. The number of aromatic nitrogens is 2. The molecular formula is C9H13N5O3. The zero-order chi connectivity index (χ0) is 12.4. The Morgan fingerprint density at radius 2 is 2.41 bits per heavy atom. The molecule has 17 heavy (non-hydrogen) atoms. The summed E-state index contributed by atoms with van der Waals surface area (Å²) in [5.41, 5.74) is 5.11. The van der Waals surface area contributed by atoms with E-state index in [1.54, 1.807) is 0 Å². The normalized spacial score (nSPS) is 16.5. The van der Waals surface area contributed by atoms with E-state index < -0.39 is 11.0 Å². The molecular weight excluding hydrogens is 226 g/mol.